The lowest BCUT2D eigenvalue weighted by Gasteiger charge is -2.20. The van der Waals surface area contributed by atoms with Gasteiger partial charge < -0.3 is 9.88 Å². The minimum Gasteiger partial charge on any atom is -0.328 e. The summed E-state index contributed by atoms with van der Waals surface area (Å²) in [5, 5.41) is 4.80. The van der Waals surface area contributed by atoms with Crippen LogP contribution in [0.3, 0.4) is 0 Å². The minimum atomic E-state index is -0.945. The fourth-order valence-electron chi connectivity index (χ4n) is 3.10. The van der Waals surface area contributed by atoms with Gasteiger partial charge in [-0.25, -0.2) is 14.6 Å². The lowest BCUT2D eigenvalue weighted by Crippen LogP contribution is -2.43. The molecule has 2 aromatic heterocycles. The molecule has 0 bridgehead atoms. The zero-order valence-electron chi connectivity index (χ0n) is 14.3. The van der Waals surface area contributed by atoms with Gasteiger partial charge >= 0.3 is 11.7 Å². The molecule has 134 valence electrons. The Labute approximate surface area is 142 Å². The summed E-state index contributed by atoms with van der Waals surface area (Å²) in [5.74, 6) is -0.359. The zero-order chi connectivity index (χ0) is 18.4. The number of aromatic nitrogens is 4. The maximum absolute atomic E-state index is 12.6. The van der Waals surface area contributed by atoms with Crippen LogP contribution in [0, 0.1) is 0 Å². The van der Waals surface area contributed by atoms with Crippen molar-refractivity contribution in [1.82, 2.24) is 29.3 Å². The molecule has 3 amide bonds. The van der Waals surface area contributed by atoms with E-state index in [0.717, 1.165) is 0 Å². The highest BCUT2D eigenvalue weighted by atomic mass is 16.2. The van der Waals surface area contributed by atoms with E-state index < -0.39 is 17.3 Å². The van der Waals surface area contributed by atoms with E-state index in [1.165, 1.54) is 15.5 Å². The second-order valence-corrected chi connectivity index (χ2v) is 6.52. The molecule has 1 fully saturated rings. The van der Waals surface area contributed by atoms with E-state index in [0.29, 0.717) is 30.4 Å². The van der Waals surface area contributed by atoms with Crippen LogP contribution in [0.1, 0.15) is 26.2 Å². The maximum atomic E-state index is 12.6. The Kier molecular flexibility index (Phi) is 3.97. The van der Waals surface area contributed by atoms with Crippen LogP contribution < -0.4 is 21.9 Å². The van der Waals surface area contributed by atoms with Crippen molar-refractivity contribution in [1.29, 1.82) is 0 Å². The summed E-state index contributed by atoms with van der Waals surface area (Å²) in [5.41, 5.74) is -1.02. The largest absolute Gasteiger partial charge is 0.332 e. The number of rotatable bonds is 5. The number of fused-ring (bicyclic) bond motifs is 1. The fraction of sp³-hybridized carbons (Fsp3) is 0.533. The lowest BCUT2D eigenvalue weighted by molar-refractivity contribution is -0.123. The quantitative estimate of drug-likeness (QED) is 0.541. The van der Waals surface area contributed by atoms with E-state index in [1.54, 1.807) is 25.6 Å². The first kappa shape index (κ1) is 16.9. The van der Waals surface area contributed by atoms with E-state index in [1.807, 2.05) is 0 Å². The van der Waals surface area contributed by atoms with Crippen molar-refractivity contribution in [3.8, 4) is 0 Å². The van der Waals surface area contributed by atoms with Gasteiger partial charge in [0, 0.05) is 20.6 Å². The standard InChI is InChI=1S/C15H20N6O4/c1-15(12(23)17-13(24)18-15)6-4-5-7-21-11(22)9-10(16-8-19(9)2)20(3)14(21)25/h8H,4-7H2,1-3H3,(H2,17,18,23,24). The lowest BCUT2D eigenvalue weighted by atomic mass is 9.95. The Morgan fingerprint density at radius 2 is 1.88 bits per heavy atom. The van der Waals surface area contributed by atoms with Crippen LogP contribution in [0.5, 0.6) is 0 Å². The van der Waals surface area contributed by atoms with Crippen molar-refractivity contribution in [3.05, 3.63) is 27.2 Å². The predicted octanol–water partition coefficient (Wildman–Crippen LogP) is -0.798. The number of carbonyl (C=O) groups is 2. The molecule has 0 aromatic carbocycles. The molecule has 3 rings (SSSR count). The number of nitrogens with one attached hydrogen (secondary N) is 2. The predicted molar refractivity (Wildman–Crippen MR) is 89.1 cm³/mol. The first-order chi connectivity index (χ1) is 11.7. The molecule has 0 radical (unpaired) electrons. The summed E-state index contributed by atoms with van der Waals surface area (Å²) in [6.07, 6.45) is 3.02. The second kappa shape index (κ2) is 5.87. The monoisotopic (exact) mass is 348 g/mol. The van der Waals surface area contributed by atoms with Crippen molar-refractivity contribution in [2.45, 2.75) is 38.3 Å². The van der Waals surface area contributed by atoms with Gasteiger partial charge in [-0.3, -0.25) is 24.0 Å². The average molecular weight is 348 g/mol. The van der Waals surface area contributed by atoms with Gasteiger partial charge in [-0.2, -0.15) is 0 Å². The number of hydrogen-bond acceptors (Lipinski definition) is 5. The zero-order valence-corrected chi connectivity index (χ0v) is 14.3. The Morgan fingerprint density at radius 3 is 2.52 bits per heavy atom. The number of nitrogens with zero attached hydrogens (tertiary/aromatic N) is 4. The van der Waals surface area contributed by atoms with Gasteiger partial charge in [-0.05, 0) is 26.2 Å². The number of carbonyl (C=O) groups excluding carboxylic acids is 2. The summed E-state index contributed by atoms with van der Waals surface area (Å²) < 4.78 is 4.12. The van der Waals surface area contributed by atoms with Crippen molar-refractivity contribution in [2.75, 3.05) is 0 Å². The number of urea groups is 1. The average Bonchev–Trinajstić information content (AvgIpc) is 3.04. The third kappa shape index (κ3) is 2.73. The SMILES string of the molecule is Cn1cnc2c1c(=O)n(CCCCC1(C)NC(=O)NC1=O)c(=O)n2C. The van der Waals surface area contributed by atoms with Gasteiger partial charge in [0.05, 0.1) is 6.33 Å². The maximum Gasteiger partial charge on any atom is 0.332 e. The van der Waals surface area contributed by atoms with E-state index >= 15 is 0 Å². The molecule has 25 heavy (non-hydrogen) atoms. The number of amides is 3. The molecule has 1 aliphatic rings. The molecule has 3 heterocycles. The molecule has 1 unspecified atom stereocenters. The van der Waals surface area contributed by atoms with Crippen molar-refractivity contribution >= 4 is 23.1 Å². The van der Waals surface area contributed by atoms with E-state index in [2.05, 4.69) is 15.6 Å². The summed E-state index contributed by atoms with van der Waals surface area (Å²) in [7, 11) is 3.28. The summed E-state index contributed by atoms with van der Waals surface area (Å²) in [4.78, 5) is 52.0. The molecule has 1 aliphatic heterocycles. The summed E-state index contributed by atoms with van der Waals surface area (Å²) in [6.45, 7) is 1.89. The molecule has 10 nitrogen and oxygen atoms in total. The normalized spacial score (nSPS) is 20.1. The number of unbranched alkanes of at least 4 members (excludes halogenated alkanes) is 1. The highest BCUT2D eigenvalue weighted by molar-refractivity contribution is 6.06. The van der Waals surface area contributed by atoms with Gasteiger partial charge in [-0.15, -0.1) is 0 Å². The molecule has 0 spiro atoms. The number of aryl methyl sites for hydroxylation is 2. The topological polar surface area (TPSA) is 120 Å². The molecular weight excluding hydrogens is 328 g/mol. The van der Waals surface area contributed by atoms with Crippen molar-refractivity contribution in [3.63, 3.8) is 0 Å². The van der Waals surface area contributed by atoms with Crippen LogP contribution >= 0.6 is 0 Å². The number of imide groups is 1. The highest BCUT2D eigenvalue weighted by Gasteiger charge is 2.41. The summed E-state index contributed by atoms with van der Waals surface area (Å²) >= 11 is 0. The van der Waals surface area contributed by atoms with E-state index in [9.17, 15) is 19.2 Å². The van der Waals surface area contributed by atoms with Crippen LogP contribution in [0.2, 0.25) is 0 Å². The molecule has 10 heteroatoms. The van der Waals surface area contributed by atoms with Crippen molar-refractivity contribution < 1.29 is 9.59 Å². The molecule has 2 aromatic rings. The van der Waals surface area contributed by atoms with Crippen LogP contribution in [-0.2, 0) is 25.4 Å². The van der Waals surface area contributed by atoms with Crippen LogP contribution in [0.4, 0.5) is 4.79 Å². The Morgan fingerprint density at radius 1 is 1.16 bits per heavy atom. The molecule has 0 aliphatic carbocycles. The fourth-order valence-corrected chi connectivity index (χ4v) is 3.10. The van der Waals surface area contributed by atoms with Crippen molar-refractivity contribution in [2.24, 2.45) is 14.1 Å². The first-order valence-electron chi connectivity index (χ1n) is 7.99. The molecule has 2 N–H and O–H groups in total. The summed E-state index contributed by atoms with van der Waals surface area (Å²) in [6, 6.07) is -0.501. The third-order valence-electron chi connectivity index (χ3n) is 4.63. The Balaban J connectivity index is 1.75. The van der Waals surface area contributed by atoms with Gasteiger partial charge in [0.25, 0.3) is 11.5 Å². The first-order valence-corrected chi connectivity index (χ1v) is 7.99. The van der Waals surface area contributed by atoms with Gasteiger partial charge in [0.15, 0.2) is 11.2 Å². The van der Waals surface area contributed by atoms with Gasteiger partial charge in [0.1, 0.15) is 5.54 Å². The van der Waals surface area contributed by atoms with Crippen LogP contribution in [0.25, 0.3) is 11.2 Å². The molecule has 1 atom stereocenters. The van der Waals surface area contributed by atoms with E-state index in [4.69, 9.17) is 0 Å². The number of hydrogen-bond donors (Lipinski definition) is 2. The van der Waals surface area contributed by atoms with Gasteiger partial charge in [-0.1, -0.05) is 0 Å². The van der Waals surface area contributed by atoms with E-state index in [-0.39, 0.29) is 18.0 Å². The molecule has 1 saturated heterocycles. The number of imidazole rings is 1. The van der Waals surface area contributed by atoms with Crippen LogP contribution in [-0.4, -0.2) is 36.2 Å². The Bertz CT molecular complexity index is 984. The molecule has 0 saturated carbocycles. The minimum absolute atomic E-state index is 0.234. The second-order valence-electron chi connectivity index (χ2n) is 6.52. The van der Waals surface area contributed by atoms with Gasteiger partial charge in [0.2, 0.25) is 0 Å². The highest BCUT2D eigenvalue weighted by Crippen LogP contribution is 2.18. The Hall–Kier alpha value is -2.91. The smallest absolute Gasteiger partial charge is 0.328 e. The molecular formula is C15H20N6O4. The third-order valence-corrected chi connectivity index (χ3v) is 4.63. The van der Waals surface area contributed by atoms with Crippen LogP contribution in [0.15, 0.2) is 15.9 Å².